The molecule has 3 heteroatoms. The average molecular weight is 208 g/mol. The third-order valence-corrected chi connectivity index (χ3v) is 3.33. The van der Waals surface area contributed by atoms with Gasteiger partial charge in [0.15, 0.2) is 0 Å². The fourth-order valence-corrected chi connectivity index (χ4v) is 2.19. The highest BCUT2D eigenvalue weighted by molar-refractivity contribution is 5.36. The Balaban J connectivity index is 1.87. The lowest BCUT2D eigenvalue weighted by Gasteiger charge is -2.29. The van der Waals surface area contributed by atoms with Crippen molar-refractivity contribution in [3.8, 4) is 5.75 Å². The van der Waals surface area contributed by atoms with Crippen molar-refractivity contribution in [2.75, 3.05) is 0 Å². The van der Waals surface area contributed by atoms with E-state index in [4.69, 9.17) is 4.74 Å². The van der Waals surface area contributed by atoms with Gasteiger partial charge in [-0.2, -0.15) is 0 Å². The summed E-state index contributed by atoms with van der Waals surface area (Å²) in [5.74, 6) is 0.508. The molecule has 1 aliphatic carbocycles. The summed E-state index contributed by atoms with van der Waals surface area (Å²) in [5, 5.41) is 9.93. The molecule has 1 aromatic carbocycles. The van der Waals surface area contributed by atoms with E-state index in [-0.39, 0.29) is 11.9 Å². The highest BCUT2D eigenvalue weighted by Gasteiger charge is 2.50. The van der Waals surface area contributed by atoms with Crippen molar-refractivity contribution in [1.29, 1.82) is 0 Å². The standard InChI is InChI=1S/C12H13FO2/c13-9-2-3-10-8(7-9)1-4-11(15-10)12(14)5-6-12/h2-3,7,11,14H,1,4-6H2/t11-/m1/s1. The smallest absolute Gasteiger partial charge is 0.128 e. The second-order valence-electron chi connectivity index (χ2n) is 4.50. The van der Waals surface area contributed by atoms with Gasteiger partial charge in [0, 0.05) is 0 Å². The summed E-state index contributed by atoms with van der Waals surface area (Å²) in [6, 6.07) is 4.57. The average Bonchev–Trinajstić information content (AvgIpc) is 2.97. The minimum Gasteiger partial charge on any atom is -0.487 e. The summed E-state index contributed by atoms with van der Waals surface area (Å²) in [4.78, 5) is 0. The van der Waals surface area contributed by atoms with Crippen molar-refractivity contribution in [2.45, 2.75) is 37.4 Å². The zero-order chi connectivity index (χ0) is 10.5. The number of halogens is 1. The van der Waals surface area contributed by atoms with Crippen molar-refractivity contribution in [3.05, 3.63) is 29.6 Å². The fraction of sp³-hybridized carbons (Fsp3) is 0.500. The maximum atomic E-state index is 12.9. The summed E-state index contributed by atoms with van der Waals surface area (Å²) in [6.07, 6.45) is 3.13. The van der Waals surface area contributed by atoms with Gasteiger partial charge in [0.25, 0.3) is 0 Å². The normalized spacial score (nSPS) is 26.7. The Hall–Kier alpha value is -1.09. The number of ether oxygens (including phenoxy) is 1. The number of aliphatic hydroxyl groups is 1. The predicted molar refractivity (Wildman–Crippen MR) is 53.3 cm³/mol. The van der Waals surface area contributed by atoms with Crippen LogP contribution in [0, 0.1) is 5.82 Å². The van der Waals surface area contributed by atoms with Gasteiger partial charge in [-0.15, -0.1) is 0 Å². The van der Waals surface area contributed by atoms with E-state index in [1.165, 1.54) is 12.1 Å². The van der Waals surface area contributed by atoms with Crippen LogP contribution in [0.2, 0.25) is 0 Å². The molecule has 0 radical (unpaired) electrons. The molecular formula is C12H13FO2. The van der Waals surface area contributed by atoms with Gasteiger partial charge in [-0.25, -0.2) is 4.39 Å². The van der Waals surface area contributed by atoms with Gasteiger partial charge in [-0.1, -0.05) is 0 Å². The van der Waals surface area contributed by atoms with Crippen LogP contribution in [-0.4, -0.2) is 16.8 Å². The van der Waals surface area contributed by atoms with E-state index in [0.29, 0.717) is 0 Å². The summed E-state index contributed by atoms with van der Waals surface area (Å²) < 4.78 is 18.6. The first-order chi connectivity index (χ1) is 7.17. The predicted octanol–water partition coefficient (Wildman–Crippen LogP) is 2.04. The lowest BCUT2D eigenvalue weighted by atomic mass is 9.98. The highest BCUT2D eigenvalue weighted by atomic mass is 19.1. The summed E-state index contributed by atoms with van der Waals surface area (Å²) in [6.45, 7) is 0. The number of hydrogen-bond donors (Lipinski definition) is 1. The van der Waals surface area contributed by atoms with Crippen LogP contribution >= 0.6 is 0 Å². The Morgan fingerprint density at radius 1 is 1.40 bits per heavy atom. The van der Waals surface area contributed by atoms with Gasteiger partial charge < -0.3 is 9.84 Å². The third kappa shape index (κ3) is 1.51. The van der Waals surface area contributed by atoms with Gasteiger partial charge in [0.1, 0.15) is 23.3 Å². The molecule has 1 heterocycles. The Bertz CT molecular complexity index is 399. The molecule has 1 saturated carbocycles. The quantitative estimate of drug-likeness (QED) is 0.765. The number of rotatable bonds is 1. The van der Waals surface area contributed by atoms with Crippen LogP contribution < -0.4 is 4.74 Å². The molecule has 80 valence electrons. The molecule has 0 bridgehead atoms. The van der Waals surface area contributed by atoms with Crippen molar-refractivity contribution < 1.29 is 14.2 Å². The Kier molecular flexibility index (Phi) is 1.80. The van der Waals surface area contributed by atoms with Gasteiger partial charge >= 0.3 is 0 Å². The molecule has 2 nitrogen and oxygen atoms in total. The Morgan fingerprint density at radius 3 is 2.93 bits per heavy atom. The van der Waals surface area contributed by atoms with Gasteiger partial charge in [-0.05, 0) is 49.4 Å². The number of benzene rings is 1. The zero-order valence-electron chi connectivity index (χ0n) is 8.37. The van der Waals surface area contributed by atoms with Crippen LogP contribution in [0.1, 0.15) is 24.8 Å². The molecule has 0 unspecified atom stereocenters. The Morgan fingerprint density at radius 2 is 2.20 bits per heavy atom. The second-order valence-corrected chi connectivity index (χ2v) is 4.50. The van der Waals surface area contributed by atoms with E-state index < -0.39 is 5.60 Å². The van der Waals surface area contributed by atoms with E-state index >= 15 is 0 Å². The van der Waals surface area contributed by atoms with Gasteiger partial charge in [-0.3, -0.25) is 0 Å². The molecule has 1 fully saturated rings. The molecule has 1 aromatic rings. The van der Waals surface area contributed by atoms with Crippen LogP contribution in [0.4, 0.5) is 4.39 Å². The largest absolute Gasteiger partial charge is 0.487 e. The molecule has 2 aliphatic rings. The van der Waals surface area contributed by atoms with E-state index in [0.717, 1.165) is 37.0 Å². The first kappa shape index (κ1) is 9.16. The second kappa shape index (κ2) is 2.95. The first-order valence-corrected chi connectivity index (χ1v) is 5.35. The molecular weight excluding hydrogens is 195 g/mol. The van der Waals surface area contributed by atoms with Crippen LogP contribution in [0.5, 0.6) is 5.75 Å². The summed E-state index contributed by atoms with van der Waals surface area (Å²) in [7, 11) is 0. The lowest BCUT2D eigenvalue weighted by Crippen LogP contribution is -2.36. The summed E-state index contributed by atoms with van der Waals surface area (Å²) >= 11 is 0. The molecule has 1 atom stereocenters. The number of hydrogen-bond acceptors (Lipinski definition) is 2. The SMILES string of the molecule is OC1([C@H]2CCc3cc(F)ccc3O2)CC1. The van der Waals surface area contributed by atoms with Crippen LogP contribution in [-0.2, 0) is 6.42 Å². The van der Waals surface area contributed by atoms with Crippen LogP contribution in [0.25, 0.3) is 0 Å². The van der Waals surface area contributed by atoms with Crippen molar-refractivity contribution in [3.63, 3.8) is 0 Å². The minimum absolute atomic E-state index is 0.101. The van der Waals surface area contributed by atoms with Crippen LogP contribution in [0.15, 0.2) is 18.2 Å². The minimum atomic E-state index is -0.605. The number of aryl methyl sites for hydroxylation is 1. The lowest BCUT2D eigenvalue weighted by molar-refractivity contribution is 0.00445. The molecule has 15 heavy (non-hydrogen) atoms. The van der Waals surface area contributed by atoms with E-state index in [9.17, 15) is 9.50 Å². The van der Waals surface area contributed by atoms with Crippen molar-refractivity contribution in [2.24, 2.45) is 0 Å². The maximum absolute atomic E-state index is 12.9. The highest BCUT2D eigenvalue weighted by Crippen LogP contribution is 2.44. The van der Waals surface area contributed by atoms with Gasteiger partial charge in [0.2, 0.25) is 0 Å². The van der Waals surface area contributed by atoms with E-state index in [2.05, 4.69) is 0 Å². The third-order valence-electron chi connectivity index (χ3n) is 3.33. The molecule has 0 spiro atoms. The van der Waals surface area contributed by atoms with Crippen LogP contribution in [0.3, 0.4) is 0 Å². The molecule has 0 amide bonds. The topological polar surface area (TPSA) is 29.5 Å². The Labute approximate surface area is 87.7 Å². The molecule has 1 N–H and O–H groups in total. The molecule has 0 aromatic heterocycles. The fourth-order valence-electron chi connectivity index (χ4n) is 2.19. The molecule has 0 saturated heterocycles. The van der Waals surface area contributed by atoms with E-state index in [1.54, 1.807) is 6.07 Å². The zero-order valence-corrected chi connectivity index (χ0v) is 8.37. The van der Waals surface area contributed by atoms with Crippen molar-refractivity contribution >= 4 is 0 Å². The summed E-state index contributed by atoms with van der Waals surface area (Å²) in [5.41, 5.74) is 0.307. The molecule has 1 aliphatic heterocycles. The monoisotopic (exact) mass is 208 g/mol. The number of fused-ring (bicyclic) bond motifs is 1. The maximum Gasteiger partial charge on any atom is 0.128 e. The van der Waals surface area contributed by atoms with E-state index in [1.807, 2.05) is 0 Å². The molecule has 3 rings (SSSR count). The first-order valence-electron chi connectivity index (χ1n) is 5.35. The van der Waals surface area contributed by atoms with Gasteiger partial charge in [0.05, 0.1) is 0 Å². The van der Waals surface area contributed by atoms with Crippen molar-refractivity contribution in [1.82, 2.24) is 0 Å².